The molecule has 1 amide bonds. The fraction of sp³-hybridized carbons (Fsp3) is 0.450. The molecule has 7 heteroatoms. The normalized spacial score (nSPS) is 16.9. The van der Waals surface area contributed by atoms with Crippen LogP contribution in [0.3, 0.4) is 0 Å². The summed E-state index contributed by atoms with van der Waals surface area (Å²) >= 11 is 0. The number of furan rings is 1. The molecule has 0 saturated carbocycles. The molecular formula is C20H26N2O4S. The van der Waals surface area contributed by atoms with Crippen LogP contribution in [0.5, 0.6) is 0 Å². The van der Waals surface area contributed by atoms with Crippen molar-refractivity contribution >= 4 is 15.9 Å². The van der Waals surface area contributed by atoms with E-state index >= 15 is 0 Å². The third-order valence-electron chi connectivity index (χ3n) is 5.25. The second-order valence-electron chi connectivity index (χ2n) is 7.05. The second-order valence-corrected chi connectivity index (χ2v) is 8.99. The first-order chi connectivity index (χ1) is 12.8. The molecule has 6 nitrogen and oxygen atoms in total. The SMILES string of the molecule is Cc1ccc(S(=O)(=O)N2CCCCC2)cc1C(=O)N(C)C(C)c1ccco1. The minimum Gasteiger partial charge on any atom is -0.467 e. The summed E-state index contributed by atoms with van der Waals surface area (Å²) in [5.74, 6) is 0.452. The Hall–Kier alpha value is -2.12. The minimum atomic E-state index is -3.58. The highest BCUT2D eigenvalue weighted by molar-refractivity contribution is 7.89. The van der Waals surface area contributed by atoms with Gasteiger partial charge in [-0.1, -0.05) is 12.5 Å². The maximum atomic E-state index is 13.0. The molecule has 2 aromatic rings. The molecule has 1 atom stereocenters. The van der Waals surface area contributed by atoms with Crippen LogP contribution in [0.4, 0.5) is 0 Å². The van der Waals surface area contributed by atoms with Crippen LogP contribution in [0, 0.1) is 6.92 Å². The number of carbonyl (C=O) groups is 1. The number of rotatable bonds is 5. The van der Waals surface area contributed by atoms with Gasteiger partial charge in [0.05, 0.1) is 17.2 Å². The van der Waals surface area contributed by atoms with Crippen LogP contribution >= 0.6 is 0 Å². The van der Waals surface area contributed by atoms with Gasteiger partial charge < -0.3 is 9.32 Å². The Morgan fingerprint density at radius 1 is 1.19 bits per heavy atom. The third kappa shape index (κ3) is 3.94. The number of piperidine rings is 1. The van der Waals surface area contributed by atoms with E-state index in [9.17, 15) is 13.2 Å². The topological polar surface area (TPSA) is 70.8 Å². The number of aryl methyl sites for hydroxylation is 1. The van der Waals surface area contributed by atoms with Crippen LogP contribution in [0.1, 0.15) is 53.9 Å². The van der Waals surface area contributed by atoms with E-state index in [2.05, 4.69) is 0 Å². The van der Waals surface area contributed by atoms with Crippen LogP contribution in [0.25, 0.3) is 0 Å². The van der Waals surface area contributed by atoms with E-state index < -0.39 is 10.0 Å². The minimum absolute atomic E-state index is 0.178. The molecule has 3 rings (SSSR count). The standard InChI is InChI=1S/C20H26N2O4S/c1-15-9-10-17(27(24,25)22-11-5-4-6-12-22)14-18(15)20(23)21(3)16(2)19-8-7-13-26-19/h7-10,13-14,16H,4-6,11-12H2,1-3H3. The summed E-state index contributed by atoms with van der Waals surface area (Å²) < 4.78 is 32.8. The van der Waals surface area contributed by atoms with Gasteiger partial charge in [0.25, 0.3) is 5.91 Å². The molecule has 1 aliphatic heterocycles. The molecular weight excluding hydrogens is 364 g/mol. The van der Waals surface area contributed by atoms with Gasteiger partial charge >= 0.3 is 0 Å². The van der Waals surface area contributed by atoms with Crippen LogP contribution in [-0.2, 0) is 10.0 Å². The summed E-state index contributed by atoms with van der Waals surface area (Å²) in [4.78, 5) is 14.8. The number of hydrogen-bond acceptors (Lipinski definition) is 4. The van der Waals surface area contributed by atoms with Gasteiger partial charge in [0.1, 0.15) is 5.76 Å². The van der Waals surface area contributed by atoms with Crippen LogP contribution in [0.15, 0.2) is 45.9 Å². The number of nitrogens with zero attached hydrogens (tertiary/aromatic N) is 2. The smallest absolute Gasteiger partial charge is 0.254 e. The fourth-order valence-electron chi connectivity index (χ4n) is 3.33. The van der Waals surface area contributed by atoms with Gasteiger partial charge in [-0.25, -0.2) is 8.42 Å². The van der Waals surface area contributed by atoms with E-state index in [0.29, 0.717) is 24.4 Å². The van der Waals surface area contributed by atoms with Crippen molar-refractivity contribution < 1.29 is 17.6 Å². The molecule has 1 saturated heterocycles. The molecule has 0 radical (unpaired) electrons. The van der Waals surface area contributed by atoms with E-state index in [-0.39, 0.29) is 16.8 Å². The highest BCUT2D eigenvalue weighted by atomic mass is 32.2. The largest absolute Gasteiger partial charge is 0.467 e. The lowest BCUT2D eigenvalue weighted by Gasteiger charge is -2.27. The van der Waals surface area contributed by atoms with Crippen molar-refractivity contribution in [1.29, 1.82) is 0 Å². The zero-order valence-electron chi connectivity index (χ0n) is 16.0. The maximum absolute atomic E-state index is 13.0. The Labute approximate surface area is 160 Å². The van der Waals surface area contributed by atoms with Crippen molar-refractivity contribution in [2.24, 2.45) is 0 Å². The lowest BCUT2D eigenvalue weighted by molar-refractivity contribution is 0.0725. The summed E-state index contributed by atoms with van der Waals surface area (Å²) in [5.41, 5.74) is 1.14. The highest BCUT2D eigenvalue weighted by Gasteiger charge is 2.28. The molecule has 1 aromatic heterocycles. The molecule has 1 unspecified atom stereocenters. The molecule has 0 N–H and O–H groups in total. The molecule has 0 aliphatic carbocycles. The second kappa shape index (κ2) is 7.86. The van der Waals surface area contributed by atoms with Crippen LogP contribution < -0.4 is 0 Å². The molecule has 1 fully saturated rings. The molecule has 27 heavy (non-hydrogen) atoms. The summed E-state index contributed by atoms with van der Waals surface area (Å²) in [6.45, 7) is 4.76. The van der Waals surface area contributed by atoms with E-state index in [1.807, 2.05) is 19.9 Å². The lowest BCUT2D eigenvalue weighted by atomic mass is 10.1. The Morgan fingerprint density at radius 2 is 1.89 bits per heavy atom. The van der Waals surface area contributed by atoms with Crippen molar-refractivity contribution in [3.05, 3.63) is 53.5 Å². The van der Waals surface area contributed by atoms with Gasteiger partial charge in [-0.05, 0) is 56.5 Å². The number of carbonyl (C=O) groups excluding carboxylic acids is 1. The number of sulfonamides is 1. The van der Waals surface area contributed by atoms with Gasteiger partial charge in [-0.3, -0.25) is 4.79 Å². The van der Waals surface area contributed by atoms with Crippen molar-refractivity contribution in [3.8, 4) is 0 Å². The Bertz CT molecular complexity index is 900. The quantitative estimate of drug-likeness (QED) is 0.782. The third-order valence-corrected chi connectivity index (χ3v) is 7.14. The molecule has 1 aromatic carbocycles. The van der Waals surface area contributed by atoms with Crippen LogP contribution in [0.2, 0.25) is 0 Å². The van der Waals surface area contributed by atoms with Gasteiger partial charge in [-0.15, -0.1) is 0 Å². The van der Waals surface area contributed by atoms with E-state index in [4.69, 9.17) is 4.42 Å². The van der Waals surface area contributed by atoms with Gasteiger partial charge in [0, 0.05) is 25.7 Å². The van der Waals surface area contributed by atoms with Gasteiger partial charge in [0.2, 0.25) is 10.0 Å². The first-order valence-corrected chi connectivity index (χ1v) is 10.7. The number of amides is 1. The van der Waals surface area contributed by atoms with E-state index in [1.54, 1.807) is 36.4 Å². The van der Waals surface area contributed by atoms with Gasteiger partial charge in [0.15, 0.2) is 0 Å². The zero-order valence-corrected chi connectivity index (χ0v) is 16.8. The van der Waals surface area contributed by atoms with E-state index in [1.165, 1.54) is 10.4 Å². The molecule has 0 bridgehead atoms. The average molecular weight is 391 g/mol. The first-order valence-electron chi connectivity index (χ1n) is 9.23. The van der Waals surface area contributed by atoms with Crippen molar-refractivity contribution in [1.82, 2.24) is 9.21 Å². The average Bonchev–Trinajstić information content (AvgIpc) is 3.22. The first kappa shape index (κ1) is 19.6. The number of benzene rings is 1. The lowest BCUT2D eigenvalue weighted by Crippen LogP contribution is -2.36. The highest BCUT2D eigenvalue weighted by Crippen LogP contribution is 2.26. The summed E-state index contributed by atoms with van der Waals surface area (Å²) in [6, 6.07) is 8.14. The Balaban J connectivity index is 1.90. The van der Waals surface area contributed by atoms with Crippen molar-refractivity contribution in [2.45, 2.75) is 44.0 Å². The molecule has 1 aliphatic rings. The summed E-state index contributed by atoms with van der Waals surface area (Å²) in [5, 5.41) is 0. The maximum Gasteiger partial charge on any atom is 0.254 e. The number of hydrogen-bond donors (Lipinski definition) is 0. The molecule has 0 spiro atoms. The predicted molar refractivity (Wildman–Crippen MR) is 103 cm³/mol. The van der Waals surface area contributed by atoms with Crippen molar-refractivity contribution in [3.63, 3.8) is 0 Å². The Morgan fingerprint density at radius 3 is 2.52 bits per heavy atom. The van der Waals surface area contributed by atoms with E-state index in [0.717, 1.165) is 24.8 Å². The molecule has 2 heterocycles. The monoisotopic (exact) mass is 390 g/mol. The van der Waals surface area contributed by atoms with Crippen LogP contribution in [-0.4, -0.2) is 43.7 Å². The van der Waals surface area contributed by atoms with Crippen molar-refractivity contribution in [2.75, 3.05) is 20.1 Å². The summed E-state index contributed by atoms with van der Waals surface area (Å²) in [7, 11) is -1.88. The Kier molecular flexibility index (Phi) is 5.72. The summed E-state index contributed by atoms with van der Waals surface area (Å²) in [6.07, 6.45) is 4.38. The predicted octanol–water partition coefficient (Wildman–Crippen LogP) is 3.60. The zero-order chi connectivity index (χ0) is 19.6. The fourth-order valence-corrected chi connectivity index (χ4v) is 4.88. The van der Waals surface area contributed by atoms with Gasteiger partial charge in [-0.2, -0.15) is 4.31 Å². The molecule has 146 valence electrons.